The normalized spacial score (nSPS) is 11.3. The van der Waals surface area contributed by atoms with E-state index in [-0.39, 0.29) is 0 Å². The number of aliphatic imine (C=N–C) groups is 1. The van der Waals surface area contributed by atoms with E-state index in [0.29, 0.717) is 35.0 Å². The maximum absolute atomic E-state index is 6.19. The quantitative estimate of drug-likeness (QED) is 0.271. The number of anilines is 2. The molecule has 30 heavy (non-hydrogen) atoms. The van der Waals surface area contributed by atoms with Crippen LogP contribution in [0, 0.1) is 20.8 Å². The fraction of sp³-hybridized carbons (Fsp3) is 0.250. The smallest absolute Gasteiger partial charge is 0.229 e. The third-order valence-electron chi connectivity index (χ3n) is 4.08. The first-order chi connectivity index (χ1) is 14.4. The van der Waals surface area contributed by atoms with E-state index in [4.69, 9.17) is 23.8 Å². The third kappa shape index (κ3) is 6.50. The largest absolute Gasteiger partial charge is 0.348 e. The van der Waals surface area contributed by atoms with Crippen LogP contribution in [0.4, 0.5) is 11.6 Å². The lowest BCUT2D eigenvalue weighted by Gasteiger charge is -2.14. The minimum absolute atomic E-state index is 0.368. The number of nitrogens with zero attached hydrogens (tertiary/aromatic N) is 4. The average molecular weight is 443 g/mol. The molecule has 4 N–H and O–H groups in total. The van der Waals surface area contributed by atoms with E-state index < -0.39 is 0 Å². The molecule has 0 atom stereocenters. The summed E-state index contributed by atoms with van der Waals surface area (Å²) in [4.78, 5) is 20.5. The van der Waals surface area contributed by atoms with Crippen LogP contribution in [0.25, 0.3) is 0 Å². The summed E-state index contributed by atoms with van der Waals surface area (Å²) >= 11 is 11.6. The highest BCUT2D eigenvalue weighted by Gasteiger charge is 2.08. The Morgan fingerprint density at radius 2 is 1.90 bits per heavy atom. The topological polar surface area (TPSA) is 103 Å². The fourth-order valence-corrected chi connectivity index (χ4v) is 3.04. The van der Waals surface area contributed by atoms with Crippen molar-refractivity contribution in [2.75, 3.05) is 17.2 Å². The van der Waals surface area contributed by atoms with E-state index >= 15 is 0 Å². The summed E-state index contributed by atoms with van der Waals surface area (Å²) in [6.45, 7) is 6.29. The van der Waals surface area contributed by atoms with Gasteiger partial charge in [0.15, 0.2) is 5.11 Å². The summed E-state index contributed by atoms with van der Waals surface area (Å²) in [5.74, 6) is 0.886. The van der Waals surface area contributed by atoms with Crippen molar-refractivity contribution in [2.45, 2.75) is 27.2 Å². The van der Waals surface area contributed by atoms with Crippen molar-refractivity contribution in [1.82, 2.24) is 25.3 Å². The molecule has 8 nitrogen and oxygen atoms in total. The summed E-state index contributed by atoms with van der Waals surface area (Å²) in [6.07, 6.45) is 4.12. The first-order valence-electron chi connectivity index (χ1n) is 9.34. The van der Waals surface area contributed by atoms with Crippen molar-refractivity contribution in [3.05, 3.63) is 64.5 Å². The Bertz CT molecular complexity index is 1030. The highest BCUT2D eigenvalue weighted by atomic mass is 35.5. The Hall–Kier alpha value is -3.04. The summed E-state index contributed by atoms with van der Waals surface area (Å²) in [6, 6.07) is 7.56. The Labute approximate surface area is 185 Å². The monoisotopic (exact) mass is 442 g/mol. The molecule has 3 rings (SSSR count). The highest BCUT2D eigenvalue weighted by Crippen LogP contribution is 2.19. The number of imidazole rings is 1. The maximum atomic E-state index is 6.19. The number of H-pyrrole nitrogens is 1. The van der Waals surface area contributed by atoms with Crippen molar-refractivity contribution in [3.63, 3.8) is 0 Å². The zero-order valence-electron chi connectivity index (χ0n) is 17.0. The number of rotatable bonds is 5. The number of hydrogen-bond donors (Lipinski definition) is 4. The molecule has 0 aliphatic rings. The number of thiocarbonyl (C=S) groups is 1. The molecule has 0 amide bonds. The molecule has 0 aliphatic carbocycles. The van der Waals surface area contributed by atoms with Gasteiger partial charge < -0.3 is 15.6 Å². The van der Waals surface area contributed by atoms with Crippen molar-refractivity contribution in [1.29, 1.82) is 0 Å². The Balaban J connectivity index is 1.71. The van der Waals surface area contributed by atoms with E-state index in [1.54, 1.807) is 12.5 Å². The third-order valence-corrected chi connectivity index (χ3v) is 4.69. The molecule has 0 saturated carbocycles. The van der Waals surface area contributed by atoms with E-state index in [9.17, 15) is 0 Å². The molecule has 1 aromatic carbocycles. The Morgan fingerprint density at radius 3 is 2.57 bits per heavy atom. The first-order valence-corrected chi connectivity index (χ1v) is 10.1. The molecule has 0 spiro atoms. The van der Waals surface area contributed by atoms with Crippen molar-refractivity contribution in [3.8, 4) is 0 Å². The number of aromatic nitrogens is 4. The average Bonchev–Trinajstić information content (AvgIpc) is 3.17. The van der Waals surface area contributed by atoms with Gasteiger partial charge in [-0.05, 0) is 56.8 Å². The Morgan fingerprint density at radius 1 is 1.13 bits per heavy atom. The number of hydrogen-bond acceptors (Lipinski definition) is 5. The molecule has 10 heteroatoms. The van der Waals surface area contributed by atoms with Gasteiger partial charge in [0.05, 0.1) is 6.33 Å². The van der Waals surface area contributed by atoms with Crippen LogP contribution in [0.1, 0.15) is 22.6 Å². The van der Waals surface area contributed by atoms with Crippen LogP contribution in [0.15, 0.2) is 41.8 Å². The molecule has 2 heterocycles. The van der Waals surface area contributed by atoms with E-state index in [2.05, 4.69) is 40.9 Å². The van der Waals surface area contributed by atoms with Gasteiger partial charge in [-0.3, -0.25) is 10.3 Å². The Kier molecular flexibility index (Phi) is 7.31. The molecule has 0 bridgehead atoms. The van der Waals surface area contributed by atoms with E-state index in [1.807, 2.05) is 45.0 Å². The van der Waals surface area contributed by atoms with E-state index in [0.717, 1.165) is 28.3 Å². The zero-order valence-corrected chi connectivity index (χ0v) is 18.5. The number of halogens is 1. The van der Waals surface area contributed by atoms with Crippen LogP contribution < -0.4 is 16.0 Å². The van der Waals surface area contributed by atoms with Crippen LogP contribution in [0.2, 0.25) is 5.02 Å². The molecule has 0 radical (unpaired) electrons. The molecule has 0 aliphatic heterocycles. The predicted octanol–water partition coefficient (Wildman–Crippen LogP) is 3.78. The summed E-state index contributed by atoms with van der Waals surface area (Å²) in [5, 5.41) is 10.3. The van der Waals surface area contributed by atoms with Gasteiger partial charge >= 0.3 is 0 Å². The predicted molar refractivity (Wildman–Crippen MR) is 125 cm³/mol. The summed E-state index contributed by atoms with van der Waals surface area (Å²) in [5.41, 5.74) is 4.49. The van der Waals surface area contributed by atoms with E-state index in [1.165, 1.54) is 0 Å². The van der Waals surface area contributed by atoms with Crippen LogP contribution >= 0.6 is 23.8 Å². The van der Waals surface area contributed by atoms with Crippen LogP contribution in [-0.4, -0.2) is 37.6 Å². The number of benzene rings is 1. The molecule has 156 valence electrons. The van der Waals surface area contributed by atoms with Gasteiger partial charge in [0, 0.05) is 47.0 Å². The minimum atomic E-state index is 0.368. The molecule has 2 aromatic heterocycles. The van der Waals surface area contributed by atoms with Gasteiger partial charge in [-0.15, -0.1) is 0 Å². The molecule has 0 fully saturated rings. The second-order valence-corrected chi connectivity index (χ2v) is 7.52. The van der Waals surface area contributed by atoms with Crippen molar-refractivity contribution < 1.29 is 0 Å². The first kappa shape index (κ1) is 21.7. The van der Waals surface area contributed by atoms with Gasteiger partial charge in [-0.25, -0.2) is 15.0 Å². The minimum Gasteiger partial charge on any atom is -0.348 e. The van der Waals surface area contributed by atoms with Crippen LogP contribution in [0.5, 0.6) is 0 Å². The molecular weight excluding hydrogens is 420 g/mol. The second-order valence-electron chi connectivity index (χ2n) is 6.70. The van der Waals surface area contributed by atoms with Crippen LogP contribution in [0.3, 0.4) is 0 Å². The lowest BCUT2D eigenvalue weighted by molar-refractivity contribution is 0.927. The van der Waals surface area contributed by atoms with Gasteiger partial charge in [0.2, 0.25) is 11.9 Å². The van der Waals surface area contributed by atoms with Crippen molar-refractivity contribution >= 4 is 46.5 Å². The van der Waals surface area contributed by atoms with Gasteiger partial charge in [0.25, 0.3) is 0 Å². The molecule has 0 unspecified atom stereocenters. The lowest BCUT2D eigenvalue weighted by Crippen LogP contribution is -2.39. The molecule has 0 saturated heterocycles. The van der Waals surface area contributed by atoms with Gasteiger partial charge in [-0.1, -0.05) is 17.7 Å². The second kappa shape index (κ2) is 10.1. The number of guanidine groups is 1. The number of nitrogens with one attached hydrogen (secondary N) is 4. The van der Waals surface area contributed by atoms with Gasteiger partial charge in [0.1, 0.15) is 0 Å². The SMILES string of the molecule is Cc1cc(C)nc(NC(=NCCc2cnc[nH]2)NC(=S)Nc2ccc(C)c(Cl)c2)n1. The number of aryl methyl sites for hydroxylation is 3. The molecule has 3 aromatic rings. The standard InChI is InChI=1S/C20H23ClN8S/c1-12-4-5-15(9-17(12)21)27-20(30)29-18(23-7-6-16-10-22-11-24-16)28-19-25-13(2)8-14(3)26-19/h4-5,8-11H,6-7H2,1-3H3,(H,22,24)(H3,23,25,26,27,28,29,30). The summed E-state index contributed by atoms with van der Waals surface area (Å²) < 4.78 is 0. The summed E-state index contributed by atoms with van der Waals surface area (Å²) in [7, 11) is 0. The number of aromatic amines is 1. The van der Waals surface area contributed by atoms with Crippen LogP contribution in [-0.2, 0) is 6.42 Å². The highest BCUT2D eigenvalue weighted by molar-refractivity contribution is 7.80. The fourth-order valence-electron chi connectivity index (χ4n) is 2.65. The van der Waals surface area contributed by atoms with Gasteiger partial charge in [-0.2, -0.15) is 0 Å². The zero-order chi connectivity index (χ0) is 21.5. The lowest BCUT2D eigenvalue weighted by atomic mass is 10.2. The molecular formula is C20H23ClN8S. The van der Waals surface area contributed by atoms with Crippen molar-refractivity contribution in [2.24, 2.45) is 4.99 Å². The maximum Gasteiger partial charge on any atom is 0.229 e.